The summed E-state index contributed by atoms with van der Waals surface area (Å²) in [6, 6.07) is 2.16. The Balaban J connectivity index is 1.92. The van der Waals surface area contributed by atoms with E-state index in [4.69, 9.17) is 5.73 Å². The molecule has 6 N–H and O–H groups in total. The number of carbonyl (C=O) groups is 3. The fourth-order valence-electron chi connectivity index (χ4n) is 6.14. The van der Waals surface area contributed by atoms with E-state index >= 15 is 0 Å². The number of nitrogens with two attached hydrogens (primary N) is 1. The zero-order valence-corrected chi connectivity index (χ0v) is 20.9. The number of carbonyl (C=O) groups excluding carboxylic acids is 3. The van der Waals surface area contributed by atoms with E-state index in [-0.39, 0.29) is 23.3 Å². The normalized spacial score (nSPS) is 27.9. The highest BCUT2D eigenvalue weighted by atomic mass is 16.3. The van der Waals surface area contributed by atoms with Crippen LogP contribution in [0, 0.1) is 11.8 Å². The van der Waals surface area contributed by atoms with Gasteiger partial charge in [-0.05, 0) is 63.1 Å². The van der Waals surface area contributed by atoms with Crippen LogP contribution in [0.15, 0.2) is 29.0 Å². The van der Waals surface area contributed by atoms with Crippen molar-refractivity contribution in [1.29, 1.82) is 0 Å². The highest BCUT2D eigenvalue weighted by Gasteiger charge is 2.64. The highest BCUT2D eigenvalue weighted by molar-refractivity contribution is 6.24. The average Bonchev–Trinajstić information content (AvgIpc) is 2.80. The van der Waals surface area contributed by atoms with Gasteiger partial charge in [0.1, 0.15) is 22.8 Å². The minimum absolute atomic E-state index is 0.0755. The Morgan fingerprint density at radius 3 is 2.33 bits per heavy atom. The minimum Gasteiger partial charge on any atom is -0.508 e. The zero-order chi connectivity index (χ0) is 26.7. The molecule has 194 valence electrons. The molecule has 0 saturated heterocycles. The predicted octanol–water partition coefficient (Wildman–Crippen LogP) is 0.806. The molecule has 1 amide bonds. The molecule has 0 spiro atoms. The first-order valence-electron chi connectivity index (χ1n) is 12.1. The van der Waals surface area contributed by atoms with E-state index in [0.29, 0.717) is 18.5 Å². The molecule has 1 aromatic rings. The largest absolute Gasteiger partial charge is 0.508 e. The number of likely N-dealkylation sites (N-methyl/N-ethyl adjacent to an activating group) is 1. The maximum atomic E-state index is 13.8. The summed E-state index contributed by atoms with van der Waals surface area (Å²) in [7, 11) is 3.15. The van der Waals surface area contributed by atoms with Crippen LogP contribution >= 0.6 is 0 Å². The first-order chi connectivity index (χ1) is 16.9. The first-order valence-corrected chi connectivity index (χ1v) is 12.1. The maximum Gasteiger partial charge on any atom is 0.255 e. The third kappa shape index (κ3) is 3.55. The second-order valence-electron chi connectivity index (χ2n) is 10.0. The summed E-state index contributed by atoms with van der Waals surface area (Å²) in [5.74, 6) is -6.44. The number of phenols is 1. The molecule has 0 aliphatic heterocycles. The number of rotatable bonds is 6. The number of amides is 1. The van der Waals surface area contributed by atoms with Crippen LogP contribution in [-0.2, 0) is 27.3 Å². The Bertz CT molecular complexity index is 1210. The number of hydrogen-bond donors (Lipinski definition) is 5. The van der Waals surface area contributed by atoms with Crippen molar-refractivity contribution in [2.75, 3.05) is 27.2 Å². The second kappa shape index (κ2) is 9.02. The molecule has 0 radical (unpaired) electrons. The van der Waals surface area contributed by atoms with E-state index in [2.05, 4.69) is 4.90 Å². The number of aliphatic hydroxyl groups is 3. The van der Waals surface area contributed by atoms with E-state index < -0.39 is 58.0 Å². The van der Waals surface area contributed by atoms with Crippen molar-refractivity contribution >= 4 is 23.2 Å². The molecule has 3 aliphatic carbocycles. The average molecular weight is 500 g/mol. The molecule has 10 heteroatoms. The fraction of sp³-hybridized carbons (Fsp3) is 0.500. The number of phenolic OH excluding ortho intramolecular Hbond substituents is 1. The van der Waals surface area contributed by atoms with Gasteiger partial charge in [-0.15, -0.1) is 0 Å². The van der Waals surface area contributed by atoms with E-state index in [0.717, 1.165) is 18.7 Å². The summed E-state index contributed by atoms with van der Waals surface area (Å²) in [5.41, 5.74) is 3.47. The molecular weight excluding hydrogens is 466 g/mol. The topological polar surface area (TPSA) is 165 Å². The Labute approximate surface area is 209 Å². The number of nitrogens with zero attached hydrogens (tertiary/aromatic N) is 2. The summed E-state index contributed by atoms with van der Waals surface area (Å²) in [5, 5.41) is 44.4. The van der Waals surface area contributed by atoms with Crippen molar-refractivity contribution in [2.24, 2.45) is 17.6 Å². The molecule has 1 fully saturated rings. The van der Waals surface area contributed by atoms with Gasteiger partial charge in [0.2, 0.25) is 5.78 Å². The van der Waals surface area contributed by atoms with Crippen LogP contribution in [0.4, 0.5) is 0 Å². The Kier molecular flexibility index (Phi) is 6.48. The van der Waals surface area contributed by atoms with Crippen molar-refractivity contribution in [3.8, 4) is 5.75 Å². The summed E-state index contributed by atoms with van der Waals surface area (Å²) < 4.78 is 0. The van der Waals surface area contributed by atoms with Gasteiger partial charge in [-0.3, -0.25) is 24.2 Å². The molecular formula is C26H33N3O7. The van der Waals surface area contributed by atoms with E-state index in [1.54, 1.807) is 20.2 Å². The number of fused-ring (bicyclic) bond motifs is 3. The fourth-order valence-corrected chi connectivity index (χ4v) is 6.14. The number of aromatic hydroxyl groups is 1. The van der Waals surface area contributed by atoms with Gasteiger partial charge in [-0.1, -0.05) is 19.9 Å². The molecule has 1 aromatic carbocycles. The molecule has 4 rings (SSSR count). The van der Waals surface area contributed by atoms with Crippen LogP contribution in [0.5, 0.6) is 5.75 Å². The van der Waals surface area contributed by atoms with Gasteiger partial charge >= 0.3 is 0 Å². The standard InChI is InChI=1S/C26H33N3O7/c1-5-29(6-2)11-12-7-8-16(30)18-14(12)9-13-10-15-20(28(3)4)22(32)19(25(27)35)24(34)26(15,36)23(33)17(13)21(18)31/h7-8,13,15,20,30-31,34,36H,5-6,9-11H2,1-4H3,(H2,27,35)/t13-,15-,20+,26-/m0/s1. The van der Waals surface area contributed by atoms with Crippen LogP contribution in [0.25, 0.3) is 5.76 Å². The van der Waals surface area contributed by atoms with Crippen LogP contribution in [0.2, 0.25) is 0 Å². The number of Topliss-reactive ketones (excluding diaryl/α,β-unsaturated/α-hetero) is 2. The van der Waals surface area contributed by atoms with Gasteiger partial charge in [0.25, 0.3) is 5.91 Å². The van der Waals surface area contributed by atoms with Gasteiger partial charge in [0, 0.05) is 18.0 Å². The quantitative estimate of drug-likeness (QED) is 0.356. The van der Waals surface area contributed by atoms with Crippen molar-refractivity contribution in [3.05, 3.63) is 45.7 Å². The van der Waals surface area contributed by atoms with Crippen molar-refractivity contribution in [3.63, 3.8) is 0 Å². The summed E-state index contributed by atoms with van der Waals surface area (Å²) in [6.07, 6.45) is 0.367. The van der Waals surface area contributed by atoms with E-state index in [1.807, 2.05) is 13.8 Å². The number of primary amides is 1. The van der Waals surface area contributed by atoms with E-state index in [1.165, 1.54) is 11.0 Å². The lowest BCUT2D eigenvalue weighted by atomic mass is 9.57. The SMILES string of the molecule is CCN(CC)Cc1ccc(O)c2c1C[C@H]1C[C@H]3[C@@H](N(C)C)C(=O)C(C(N)=O)=C(O)[C@@]3(O)C(=O)C1=C2O. The maximum absolute atomic E-state index is 13.8. The van der Waals surface area contributed by atoms with Gasteiger partial charge < -0.3 is 26.2 Å². The van der Waals surface area contributed by atoms with Crippen molar-refractivity contribution in [1.82, 2.24) is 9.80 Å². The lowest BCUT2D eigenvalue weighted by Crippen LogP contribution is -2.65. The molecule has 10 nitrogen and oxygen atoms in total. The van der Waals surface area contributed by atoms with Crippen LogP contribution in [0.1, 0.15) is 37.0 Å². The predicted molar refractivity (Wildman–Crippen MR) is 131 cm³/mol. The first kappa shape index (κ1) is 25.9. The monoisotopic (exact) mass is 499 g/mol. The summed E-state index contributed by atoms with van der Waals surface area (Å²) in [6.45, 7) is 6.26. The highest BCUT2D eigenvalue weighted by Crippen LogP contribution is 2.52. The smallest absolute Gasteiger partial charge is 0.255 e. The van der Waals surface area contributed by atoms with E-state index in [9.17, 15) is 34.8 Å². The number of hydrogen-bond acceptors (Lipinski definition) is 9. The summed E-state index contributed by atoms with van der Waals surface area (Å²) in [4.78, 5) is 42.7. The molecule has 0 bridgehead atoms. The Hall–Kier alpha value is -3.21. The van der Waals surface area contributed by atoms with Gasteiger partial charge in [0.15, 0.2) is 11.4 Å². The Morgan fingerprint density at radius 2 is 1.78 bits per heavy atom. The number of benzene rings is 1. The van der Waals surface area contributed by atoms with Crippen molar-refractivity contribution < 1.29 is 34.8 Å². The van der Waals surface area contributed by atoms with Crippen molar-refractivity contribution in [2.45, 2.75) is 44.9 Å². The van der Waals surface area contributed by atoms with Crippen LogP contribution < -0.4 is 5.73 Å². The third-order valence-electron chi connectivity index (χ3n) is 7.99. The molecule has 3 aliphatic rings. The number of ketones is 2. The van der Waals surface area contributed by atoms with Gasteiger partial charge in [0.05, 0.1) is 11.6 Å². The second-order valence-corrected chi connectivity index (χ2v) is 10.0. The van der Waals surface area contributed by atoms with Gasteiger partial charge in [-0.25, -0.2) is 0 Å². The lowest BCUT2D eigenvalue weighted by molar-refractivity contribution is -0.153. The van der Waals surface area contributed by atoms with Gasteiger partial charge in [-0.2, -0.15) is 0 Å². The molecule has 1 saturated carbocycles. The van der Waals surface area contributed by atoms with Crippen LogP contribution in [-0.4, -0.2) is 86.5 Å². The zero-order valence-electron chi connectivity index (χ0n) is 20.9. The Morgan fingerprint density at radius 1 is 1.14 bits per heavy atom. The minimum atomic E-state index is -2.63. The number of aliphatic hydroxyl groups excluding tert-OH is 2. The summed E-state index contributed by atoms with van der Waals surface area (Å²) >= 11 is 0. The lowest BCUT2D eigenvalue weighted by Gasteiger charge is -2.50. The molecule has 0 heterocycles. The molecule has 4 atom stereocenters. The molecule has 0 unspecified atom stereocenters. The van der Waals surface area contributed by atoms with Crippen LogP contribution in [0.3, 0.4) is 0 Å². The third-order valence-corrected chi connectivity index (χ3v) is 7.99. The molecule has 0 aromatic heterocycles. The molecule has 36 heavy (non-hydrogen) atoms.